The number of nitrogens with zero attached hydrogens (tertiary/aromatic N) is 1. The molecule has 0 radical (unpaired) electrons. The van der Waals surface area contributed by atoms with E-state index in [1.165, 1.54) is 135 Å². The van der Waals surface area contributed by atoms with Gasteiger partial charge in [-0.1, -0.05) is 90.9 Å². The highest BCUT2D eigenvalue weighted by Crippen LogP contribution is 2.50. The SMILES string of the molecule is CCCCCCCC1(C#N)CCCC(C2CCC([C@H]3CC[C@H](CCCC)CC3)CC2)C1. The quantitative estimate of drug-likeness (QED) is 0.301. The maximum atomic E-state index is 10.1. The Morgan fingerprint density at radius 1 is 0.677 bits per heavy atom. The molecule has 2 unspecified atom stereocenters. The maximum absolute atomic E-state index is 10.1. The minimum Gasteiger partial charge on any atom is -0.198 e. The summed E-state index contributed by atoms with van der Waals surface area (Å²) in [6.45, 7) is 4.63. The lowest BCUT2D eigenvalue weighted by atomic mass is 9.61. The number of nitriles is 1. The summed E-state index contributed by atoms with van der Waals surface area (Å²) in [6, 6.07) is 2.86. The van der Waals surface area contributed by atoms with Crippen LogP contribution in [0, 0.1) is 46.3 Å². The third-order valence-electron chi connectivity index (χ3n) is 9.89. The van der Waals surface area contributed by atoms with Crippen LogP contribution in [-0.2, 0) is 0 Å². The van der Waals surface area contributed by atoms with Crippen LogP contribution in [0.25, 0.3) is 0 Å². The lowest BCUT2D eigenvalue weighted by molar-refractivity contribution is 0.0813. The molecule has 0 aliphatic heterocycles. The maximum Gasteiger partial charge on any atom is 0.0689 e. The second-order valence-electron chi connectivity index (χ2n) is 12.0. The van der Waals surface area contributed by atoms with Crippen molar-refractivity contribution in [2.75, 3.05) is 0 Å². The van der Waals surface area contributed by atoms with Crippen LogP contribution < -0.4 is 0 Å². The zero-order valence-corrected chi connectivity index (χ0v) is 21.2. The Balaban J connectivity index is 1.40. The summed E-state index contributed by atoms with van der Waals surface area (Å²) in [5.74, 6) is 4.92. The molecule has 2 atom stereocenters. The molecule has 0 amide bonds. The number of hydrogen-bond acceptors (Lipinski definition) is 1. The molecule has 0 aromatic rings. The van der Waals surface area contributed by atoms with Gasteiger partial charge in [-0.25, -0.2) is 0 Å². The fourth-order valence-corrected chi connectivity index (χ4v) is 7.79. The first-order valence-corrected chi connectivity index (χ1v) is 14.6. The van der Waals surface area contributed by atoms with Crippen molar-refractivity contribution >= 4 is 0 Å². The van der Waals surface area contributed by atoms with E-state index in [9.17, 15) is 5.26 Å². The van der Waals surface area contributed by atoms with E-state index in [-0.39, 0.29) is 5.41 Å². The standard InChI is InChI=1S/C30H53N/c1-3-5-7-8-9-21-30(24-31)22-10-12-29(23-30)28-19-17-27(18-20-28)26-15-13-25(14-16-26)11-6-4-2/h25-29H,3-23H2,1-2H3/t25-,26-,27?,28?,29?,30?. The van der Waals surface area contributed by atoms with Crippen LogP contribution in [-0.4, -0.2) is 0 Å². The summed E-state index contributed by atoms with van der Waals surface area (Å²) in [7, 11) is 0. The minimum atomic E-state index is 0.0306. The Labute approximate surface area is 195 Å². The molecule has 0 N–H and O–H groups in total. The van der Waals surface area contributed by atoms with Crippen LogP contribution in [0.5, 0.6) is 0 Å². The molecule has 3 rings (SSSR count). The average molecular weight is 428 g/mol. The molecular formula is C30H53N. The van der Waals surface area contributed by atoms with E-state index in [1.807, 2.05) is 0 Å². The van der Waals surface area contributed by atoms with E-state index in [0.717, 1.165) is 29.6 Å². The molecule has 0 aromatic carbocycles. The molecule has 31 heavy (non-hydrogen) atoms. The van der Waals surface area contributed by atoms with E-state index in [0.29, 0.717) is 0 Å². The molecule has 3 saturated carbocycles. The lowest BCUT2D eigenvalue weighted by Gasteiger charge is -2.43. The topological polar surface area (TPSA) is 23.8 Å². The molecule has 178 valence electrons. The fraction of sp³-hybridized carbons (Fsp3) is 0.967. The summed E-state index contributed by atoms with van der Waals surface area (Å²) >= 11 is 0. The van der Waals surface area contributed by atoms with Gasteiger partial charge < -0.3 is 0 Å². The first-order valence-electron chi connectivity index (χ1n) is 14.6. The molecular weight excluding hydrogens is 374 g/mol. The largest absolute Gasteiger partial charge is 0.198 e. The molecule has 3 aliphatic rings. The molecule has 0 spiro atoms. The molecule has 0 saturated heterocycles. The van der Waals surface area contributed by atoms with Crippen LogP contribution >= 0.6 is 0 Å². The predicted molar refractivity (Wildman–Crippen MR) is 134 cm³/mol. The monoisotopic (exact) mass is 427 g/mol. The molecule has 3 fully saturated rings. The van der Waals surface area contributed by atoms with Crippen molar-refractivity contribution in [1.29, 1.82) is 5.26 Å². The summed E-state index contributed by atoms with van der Waals surface area (Å²) < 4.78 is 0. The van der Waals surface area contributed by atoms with Crippen molar-refractivity contribution in [1.82, 2.24) is 0 Å². The van der Waals surface area contributed by atoms with Gasteiger partial charge in [-0.15, -0.1) is 0 Å². The van der Waals surface area contributed by atoms with Crippen molar-refractivity contribution in [3.63, 3.8) is 0 Å². The first kappa shape index (κ1) is 25.1. The summed E-state index contributed by atoms with van der Waals surface area (Å²) in [5.41, 5.74) is 0.0306. The molecule has 1 nitrogen and oxygen atoms in total. The summed E-state index contributed by atoms with van der Waals surface area (Å²) in [6.07, 6.45) is 29.4. The van der Waals surface area contributed by atoms with Gasteiger partial charge >= 0.3 is 0 Å². The molecule has 0 bridgehead atoms. The fourth-order valence-electron chi connectivity index (χ4n) is 7.79. The normalized spacial score (nSPS) is 36.7. The van der Waals surface area contributed by atoms with Crippen molar-refractivity contribution in [2.24, 2.45) is 35.0 Å². The molecule has 3 aliphatic carbocycles. The molecule has 0 heterocycles. The number of rotatable bonds is 11. The van der Waals surface area contributed by atoms with Gasteiger partial charge in [-0.05, 0) is 87.4 Å². The first-order chi connectivity index (χ1) is 15.2. The van der Waals surface area contributed by atoms with Crippen LogP contribution in [0.1, 0.15) is 149 Å². The highest BCUT2D eigenvalue weighted by Gasteiger charge is 2.40. The Bertz CT molecular complexity index is 517. The molecule has 1 heteroatoms. The van der Waals surface area contributed by atoms with Gasteiger partial charge in [0.2, 0.25) is 0 Å². The van der Waals surface area contributed by atoms with Gasteiger partial charge in [-0.3, -0.25) is 0 Å². The lowest BCUT2D eigenvalue weighted by Crippen LogP contribution is -2.34. The van der Waals surface area contributed by atoms with Gasteiger partial charge in [0.15, 0.2) is 0 Å². The van der Waals surface area contributed by atoms with E-state index in [1.54, 1.807) is 0 Å². The zero-order valence-electron chi connectivity index (χ0n) is 21.2. The van der Waals surface area contributed by atoms with E-state index >= 15 is 0 Å². The number of unbranched alkanes of at least 4 members (excludes halogenated alkanes) is 5. The van der Waals surface area contributed by atoms with Crippen LogP contribution in [0.4, 0.5) is 0 Å². The Morgan fingerprint density at radius 3 is 1.87 bits per heavy atom. The van der Waals surface area contributed by atoms with Crippen LogP contribution in [0.15, 0.2) is 0 Å². The predicted octanol–water partition coefficient (Wildman–Crippen LogP) is 9.85. The van der Waals surface area contributed by atoms with Gasteiger partial charge in [0.25, 0.3) is 0 Å². The summed E-state index contributed by atoms with van der Waals surface area (Å²) in [4.78, 5) is 0. The average Bonchev–Trinajstić information content (AvgIpc) is 2.83. The third-order valence-corrected chi connectivity index (χ3v) is 9.89. The Morgan fingerprint density at radius 2 is 1.26 bits per heavy atom. The highest BCUT2D eigenvalue weighted by molar-refractivity contribution is 5.03. The minimum absolute atomic E-state index is 0.0306. The van der Waals surface area contributed by atoms with Gasteiger partial charge in [-0.2, -0.15) is 5.26 Å². The van der Waals surface area contributed by atoms with Gasteiger partial charge in [0.1, 0.15) is 0 Å². The Kier molecular flexibility index (Phi) is 10.7. The summed E-state index contributed by atoms with van der Waals surface area (Å²) in [5, 5.41) is 10.1. The van der Waals surface area contributed by atoms with Crippen LogP contribution in [0.2, 0.25) is 0 Å². The smallest absolute Gasteiger partial charge is 0.0689 e. The zero-order chi connectivity index (χ0) is 21.9. The van der Waals surface area contributed by atoms with Gasteiger partial charge in [0.05, 0.1) is 11.5 Å². The van der Waals surface area contributed by atoms with Crippen molar-refractivity contribution in [2.45, 2.75) is 149 Å². The van der Waals surface area contributed by atoms with Gasteiger partial charge in [0, 0.05) is 0 Å². The number of hydrogen-bond donors (Lipinski definition) is 0. The Hall–Kier alpha value is -0.510. The second-order valence-corrected chi connectivity index (χ2v) is 12.0. The van der Waals surface area contributed by atoms with Crippen molar-refractivity contribution in [3.8, 4) is 6.07 Å². The third kappa shape index (κ3) is 7.51. The second kappa shape index (κ2) is 13.3. The van der Waals surface area contributed by atoms with E-state index in [2.05, 4.69) is 19.9 Å². The van der Waals surface area contributed by atoms with Crippen molar-refractivity contribution in [3.05, 3.63) is 0 Å². The van der Waals surface area contributed by atoms with Crippen molar-refractivity contribution < 1.29 is 0 Å². The van der Waals surface area contributed by atoms with E-state index in [4.69, 9.17) is 0 Å². The van der Waals surface area contributed by atoms with E-state index < -0.39 is 0 Å². The highest BCUT2D eigenvalue weighted by atomic mass is 14.5. The molecule has 0 aromatic heterocycles. The van der Waals surface area contributed by atoms with Crippen LogP contribution in [0.3, 0.4) is 0 Å².